The number of aromatic nitrogens is 2. The second-order valence-electron chi connectivity index (χ2n) is 6.05. The van der Waals surface area contributed by atoms with Crippen LogP contribution in [0.3, 0.4) is 0 Å². The van der Waals surface area contributed by atoms with Crippen LogP contribution in [0.2, 0.25) is 5.02 Å². The van der Waals surface area contributed by atoms with Gasteiger partial charge in [0.2, 0.25) is 0 Å². The third-order valence-corrected chi connectivity index (χ3v) is 5.36. The Kier molecular flexibility index (Phi) is 5.81. The maximum atomic E-state index is 12.4. The van der Waals surface area contributed by atoms with E-state index in [1.807, 2.05) is 19.1 Å². The molecule has 0 radical (unpaired) electrons. The highest BCUT2D eigenvalue weighted by atomic mass is 35.5. The second kappa shape index (κ2) is 8.05. The number of amides is 1. The molecular formula is C17H21ClN4OS. The van der Waals surface area contributed by atoms with Crippen molar-refractivity contribution in [2.24, 2.45) is 0 Å². The fourth-order valence-corrected chi connectivity index (χ4v) is 3.73. The van der Waals surface area contributed by atoms with E-state index in [0.717, 1.165) is 49.6 Å². The van der Waals surface area contributed by atoms with Crippen LogP contribution in [0.25, 0.3) is 0 Å². The lowest BCUT2D eigenvalue weighted by Gasteiger charge is -2.32. The second-order valence-corrected chi connectivity index (χ2v) is 7.24. The number of hydrogen-bond donors (Lipinski definition) is 1. The summed E-state index contributed by atoms with van der Waals surface area (Å²) in [7, 11) is 0. The summed E-state index contributed by atoms with van der Waals surface area (Å²) in [6.45, 7) is 4.88. The summed E-state index contributed by atoms with van der Waals surface area (Å²) < 4.78 is 3.89. The van der Waals surface area contributed by atoms with Gasteiger partial charge in [0.05, 0.1) is 5.69 Å². The van der Waals surface area contributed by atoms with E-state index in [4.69, 9.17) is 11.6 Å². The summed E-state index contributed by atoms with van der Waals surface area (Å²) >= 11 is 7.10. The normalized spacial score (nSPS) is 16.2. The number of benzene rings is 1. The zero-order valence-electron chi connectivity index (χ0n) is 13.7. The molecule has 1 aliphatic rings. The fraction of sp³-hybridized carbons (Fsp3) is 0.471. The van der Waals surface area contributed by atoms with E-state index in [0.29, 0.717) is 4.88 Å². The first-order valence-corrected chi connectivity index (χ1v) is 9.39. The Bertz CT molecular complexity index is 680. The SMILES string of the molecule is CCc1nnsc1C(=O)NC1CCN(Cc2ccc(Cl)cc2)CC1. The molecule has 0 atom stereocenters. The number of rotatable bonds is 5. The summed E-state index contributed by atoms with van der Waals surface area (Å²) in [6, 6.07) is 8.22. The van der Waals surface area contributed by atoms with Crippen molar-refractivity contribution in [3.8, 4) is 0 Å². The molecule has 7 heteroatoms. The monoisotopic (exact) mass is 364 g/mol. The lowest BCUT2D eigenvalue weighted by Crippen LogP contribution is -2.44. The third-order valence-electron chi connectivity index (χ3n) is 4.34. The van der Waals surface area contributed by atoms with Crippen LogP contribution in [-0.2, 0) is 13.0 Å². The van der Waals surface area contributed by atoms with Crippen LogP contribution in [0.5, 0.6) is 0 Å². The predicted molar refractivity (Wildman–Crippen MR) is 96.5 cm³/mol. The van der Waals surface area contributed by atoms with Crippen LogP contribution in [0.1, 0.15) is 40.7 Å². The Morgan fingerprint density at radius 3 is 2.71 bits per heavy atom. The van der Waals surface area contributed by atoms with E-state index >= 15 is 0 Å². The van der Waals surface area contributed by atoms with Gasteiger partial charge >= 0.3 is 0 Å². The molecule has 1 aromatic heterocycles. The molecule has 2 aromatic rings. The van der Waals surface area contributed by atoms with Gasteiger partial charge in [-0.2, -0.15) is 0 Å². The lowest BCUT2D eigenvalue weighted by molar-refractivity contribution is 0.0912. The number of nitrogens with one attached hydrogen (secondary N) is 1. The largest absolute Gasteiger partial charge is 0.348 e. The van der Waals surface area contributed by atoms with Gasteiger partial charge in [0.15, 0.2) is 0 Å². The van der Waals surface area contributed by atoms with Crippen LogP contribution >= 0.6 is 23.1 Å². The molecule has 1 aromatic carbocycles. The number of carbonyl (C=O) groups excluding carboxylic acids is 1. The van der Waals surface area contributed by atoms with Gasteiger partial charge in [-0.15, -0.1) is 5.10 Å². The van der Waals surface area contributed by atoms with Crippen LogP contribution in [-0.4, -0.2) is 39.5 Å². The average Bonchev–Trinajstić information content (AvgIpc) is 3.07. The number of halogens is 1. The Morgan fingerprint density at radius 1 is 1.33 bits per heavy atom. The molecule has 1 aliphatic heterocycles. The minimum absolute atomic E-state index is 0.0296. The molecule has 3 rings (SSSR count). The molecule has 0 saturated carbocycles. The third kappa shape index (κ3) is 4.32. The maximum absolute atomic E-state index is 12.4. The summed E-state index contributed by atoms with van der Waals surface area (Å²) in [6.07, 6.45) is 2.67. The number of piperidine rings is 1. The first-order valence-electron chi connectivity index (χ1n) is 8.24. The van der Waals surface area contributed by atoms with Crippen molar-refractivity contribution in [2.45, 2.75) is 38.8 Å². The molecule has 0 unspecified atom stereocenters. The number of nitrogens with zero attached hydrogens (tertiary/aromatic N) is 3. The molecule has 2 heterocycles. The first-order chi connectivity index (χ1) is 11.7. The number of likely N-dealkylation sites (tertiary alicyclic amines) is 1. The zero-order valence-corrected chi connectivity index (χ0v) is 15.2. The van der Waals surface area contributed by atoms with Gasteiger partial charge < -0.3 is 5.32 Å². The van der Waals surface area contributed by atoms with Gasteiger partial charge in [0.25, 0.3) is 5.91 Å². The van der Waals surface area contributed by atoms with E-state index < -0.39 is 0 Å². The van der Waals surface area contributed by atoms with Gasteiger partial charge in [-0.3, -0.25) is 9.69 Å². The molecule has 1 fully saturated rings. The molecule has 24 heavy (non-hydrogen) atoms. The predicted octanol–water partition coefficient (Wildman–Crippen LogP) is 3.15. The Morgan fingerprint density at radius 2 is 2.04 bits per heavy atom. The first kappa shape index (κ1) is 17.3. The summed E-state index contributed by atoms with van der Waals surface area (Å²) in [5.74, 6) is -0.0296. The van der Waals surface area contributed by atoms with Gasteiger partial charge in [0, 0.05) is 30.7 Å². The average molecular weight is 365 g/mol. The topological polar surface area (TPSA) is 58.1 Å². The Balaban J connectivity index is 1.48. The van der Waals surface area contributed by atoms with E-state index in [1.54, 1.807) is 0 Å². The summed E-state index contributed by atoms with van der Waals surface area (Å²) in [5, 5.41) is 7.91. The molecule has 1 N–H and O–H groups in total. The number of carbonyl (C=O) groups is 1. The smallest absolute Gasteiger partial charge is 0.265 e. The minimum atomic E-state index is -0.0296. The van der Waals surface area contributed by atoms with Crippen molar-refractivity contribution in [1.82, 2.24) is 19.8 Å². The highest BCUT2D eigenvalue weighted by Gasteiger charge is 2.23. The van der Waals surface area contributed by atoms with Crippen LogP contribution in [0.4, 0.5) is 0 Å². The zero-order chi connectivity index (χ0) is 16.9. The standard InChI is InChI=1S/C17H21ClN4OS/c1-2-15-16(24-21-20-15)17(23)19-14-7-9-22(10-8-14)11-12-3-5-13(18)6-4-12/h3-6,14H,2,7-11H2,1H3,(H,19,23). The molecule has 5 nitrogen and oxygen atoms in total. The van der Waals surface area contributed by atoms with Gasteiger partial charge in [0.1, 0.15) is 4.88 Å². The molecular weight excluding hydrogens is 344 g/mol. The van der Waals surface area contributed by atoms with Crippen LogP contribution in [0, 0.1) is 0 Å². The van der Waals surface area contributed by atoms with Gasteiger partial charge in [-0.05, 0) is 48.5 Å². The lowest BCUT2D eigenvalue weighted by atomic mass is 10.0. The molecule has 1 saturated heterocycles. The molecule has 0 spiro atoms. The molecule has 0 bridgehead atoms. The van der Waals surface area contributed by atoms with Crippen LogP contribution in [0.15, 0.2) is 24.3 Å². The van der Waals surface area contributed by atoms with E-state index in [-0.39, 0.29) is 11.9 Å². The summed E-state index contributed by atoms with van der Waals surface area (Å²) in [4.78, 5) is 15.4. The van der Waals surface area contributed by atoms with Crippen molar-refractivity contribution >= 4 is 29.0 Å². The van der Waals surface area contributed by atoms with E-state index in [2.05, 4.69) is 31.9 Å². The Labute approximate surface area is 151 Å². The van der Waals surface area contributed by atoms with Crippen molar-refractivity contribution in [3.63, 3.8) is 0 Å². The van der Waals surface area contributed by atoms with E-state index in [1.165, 1.54) is 17.1 Å². The van der Waals surface area contributed by atoms with E-state index in [9.17, 15) is 4.79 Å². The highest BCUT2D eigenvalue weighted by molar-refractivity contribution is 7.08. The van der Waals surface area contributed by atoms with Crippen molar-refractivity contribution < 1.29 is 4.79 Å². The number of hydrogen-bond acceptors (Lipinski definition) is 5. The summed E-state index contributed by atoms with van der Waals surface area (Å²) in [5.41, 5.74) is 2.06. The van der Waals surface area contributed by atoms with Gasteiger partial charge in [-0.1, -0.05) is 35.1 Å². The van der Waals surface area contributed by atoms with Gasteiger partial charge in [-0.25, -0.2) is 0 Å². The van der Waals surface area contributed by atoms with Crippen molar-refractivity contribution in [1.29, 1.82) is 0 Å². The molecule has 128 valence electrons. The highest BCUT2D eigenvalue weighted by Crippen LogP contribution is 2.17. The molecule has 0 aliphatic carbocycles. The Hall–Kier alpha value is -1.50. The maximum Gasteiger partial charge on any atom is 0.265 e. The van der Waals surface area contributed by atoms with Crippen LogP contribution < -0.4 is 5.32 Å². The van der Waals surface area contributed by atoms with Crippen molar-refractivity contribution in [3.05, 3.63) is 45.4 Å². The quantitative estimate of drug-likeness (QED) is 0.885. The van der Waals surface area contributed by atoms with Crippen molar-refractivity contribution in [2.75, 3.05) is 13.1 Å². The number of aryl methyl sites for hydroxylation is 1. The fourth-order valence-electron chi connectivity index (χ4n) is 2.95. The minimum Gasteiger partial charge on any atom is -0.348 e. The molecule has 1 amide bonds.